The van der Waals surface area contributed by atoms with Crippen molar-refractivity contribution in [3.63, 3.8) is 0 Å². The van der Waals surface area contributed by atoms with Crippen molar-refractivity contribution < 1.29 is 108 Å². The first-order valence-electron chi connectivity index (χ1n) is 7.67. The molecule has 16 nitrogen and oxygen atoms in total. The molecule has 162 valence electrons. The number of hydrogen-bond acceptors (Lipinski definition) is 14. The molecule has 3 heterocycles. The molecule has 5 unspecified atom stereocenters. The first-order valence-corrected chi connectivity index (χ1v) is 12.1. The summed E-state index contributed by atoms with van der Waals surface area (Å²) in [5, 5.41) is 0. The molecule has 5 atom stereocenters. The van der Waals surface area contributed by atoms with Crippen LogP contribution in [0.25, 0.3) is 11.2 Å². The van der Waals surface area contributed by atoms with Gasteiger partial charge in [-0.3, -0.25) is 18.3 Å². The van der Waals surface area contributed by atoms with Gasteiger partial charge in [-0.05, 0) is 12.8 Å². The number of phosphoric acid groups is 3. The van der Waals surface area contributed by atoms with E-state index in [1.165, 1.54) is 12.7 Å². The molecular weight excluding hydrogens is 480 g/mol. The van der Waals surface area contributed by atoms with E-state index in [1.807, 2.05) is 0 Å². The maximum absolute atomic E-state index is 11.6. The number of anilines is 1. The SMILES string of the molecule is Nc1ncnc2c1ncn2C1CCC(COP(=O)([O-])OP(=O)([O-])OP(=O)([O-])O)O1.[Li+].[Li+].[Li+]. The Balaban J connectivity index is 0.00000320. The van der Waals surface area contributed by atoms with Gasteiger partial charge in [0.2, 0.25) is 0 Å². The van der Waals surface area contributed by atoms with E-state index in [0.717, 1.165) is 0 Å². The number of nitrogens with two attached hydrogens (primary N) is 1. The summed E-state index contributed by atoms with van der Waals surface area (Å²) in [4.78, 5) is 53.4. The second-order valence-electron chi connectivity index (χ2n) is 5.70. The predicted molar refractivity (Wildman–Crippen MR) is 86.0 cm³/mol. The van der Waals surface area contributed by atoms with Crippen molar-refractivity contribution in [2.24, 2.45) is 0 Å². The second-order valence-corrected chi connectivity index (χ2v) is 9.99. The maximum Gasteiger partial charge on any atom is 1.00 e. The van der Waals surface area contributed by atoms with Crippen molar-refractivity contribution in [3.05, 3.63) is 12.7 Å². The molecule has 3 rings (SSSR count). The van der Waals surface area contributed by atoms with Crippen LogP contribution < -0.4 is 77.0 Å². The van der Waals surface area contributed by atoms with Gasteiger partial charge < -0.3 is 34.6 Å². The number of nitrogen functional groups attached to an aromatic ring is 1. The molecule has 3 N–H and O–H groups in total. The first kappa shape index (κ1) is 32.5. The topological polar surface area (TPSA) is 247 Å². The number of rotatable bonds is 8. The molecule has 2 aromatic heterocycles. The molecule has 0 aromatic carbocycles. The van der Waals surface area contributed by atoms with Gasteiger partial charge in [-0.1, -0.05) is 0 Å². The van der Waals surface area contributed by atoms with E-state index in [-0.39, 0.29) is 62.4 Å². The van der Waals surface area contributed by atoms with Crippen LogP contribution >= 0.6 is 23.5 Å². The third kappa shape index (κ3) is 8.94. The number of nitrogens with zero attached hydrogens (tertiary/aromatic N) is 4. The molecule has 0 saturated carbocycles. The molecule has 1 aliphatic rings. The third-order valence-corrected chi connectivity index (χ3v) is 7.29. The van der Waals surface area contributed by atoms with Crippen LogP contribution in [0.2, 0.25) is 0 Å². The molecule has 1 fully saturated rings. The molecular formula is C10H13Li3N5O11P3. The number of imidazole rings is 1. The third-order valence-electron chi connectivity index (χ3n) is 3.60. The van der Waals surface area contributed by atoms with Crippen LogP contribution in [0, 0.1) is 0 Å². The molecule has 22 heteroatoms. The van der Waals surface area contributed by atoms with Crippen molar-refractivity contribution in [2.75, 3.05) is 12.3 Å². The van der Waals surface area contributed by atoms with Gasteiger partial charge in [0.25, 0.3) is 23.5 Å². The summed E-state index contributed by atoms with van der Waals surface area (Å²) in [7, 11) is -17.3. The smallest absolute Gasteiger partial charge is 0.756 e. The summed E-state index contributed by atoms with van der Waals surface area (Å²) in [5.74, 6) is 0.172. The van der Waals surface area contributed by atoms with E-state index in [0.29, 0.717) is 24.0 Å². The average Bonchev–Trinajstić information content (AvgIpc) is 3.16. The summed E-state index contributed by atoms with van der Waals surface area (Å²) >= 11 is 0. The number of ether oxygens (including phenoxy) is 1. The van der Waals surface area contributed by atoms with Crippen molar-refractivity contribution in [2.45, 2.75) is 25.2 Å². The van der Waals surface area contributed by atoms with Crippen LogP contribution in [-0.4, -0.2) is 37.1 Å². The summed E-state index contributed by atoms with van der Waals surface area (Å²) in [5.41, 5.74) is 6.46. The van der Waals surface area contributed by atoms with Crippen LogP contribution in [0.1, 0.15) is 19.1 Å². The van der Waals surface area contributed by atoms with Gasteiger partial charge in [0.15, 0.2) is 11.5 Å². The molecule has 0 bridgehead atoms. The average molecular weight is 493 g/mol. The normalized spacial score (nSPS) is 23.6. The van der Waals surface area contributed by atoms with Gasteiger partial charge >= 0.3 is 56.6 Å². The fraction of sp³-hybridized carbons (Fsp3) is 0.500. The zero-order valence-corrected chi connectivity index (χ0v) is 19.9. The zero-order chi connectivity index (χ0) is 21.4. The van der Waals surface area contributed by atoms with E-state index in [1.54, 1.807) is 4.57 Å². The van der Waals surface area contributed by atoms with E-state index < -0.39 is 42.4 Å². The van der Waals surface area contributed by atoms with Gasteiger partial charge in [-0.2, -0.15) is 0 Å². The Morgan fingerprint density at radius 2 is 1.75 bits per heavy atom. The number of phosphoric ester groups is 1. The molecule has 0 spiro atoms. The number of fused-ring (bicyclic) bond motifs is 1. The van der Waals surface area contributed by atoms with Crippen LogP contribution in [0.5, 0.6) is 0 Å². The van der Waals surface area contributed by atoms with E-state index in [9.17, 15) is 28.4 Å². The van der Waals surface area contributed by atoms with E-state index in [4.69, 9.17) is 15.4 Å². The number of hydrogen-bond donors (Lipinski definition) is 2. The second kappa shape index (κ2) is 12.5. The fourth-order valence-electron chi connectivity index (χ4n) is 2.56. The molecule has 2 aromatic rings. The van der Waals surface area contributed by atoms with Crippen molar-refractivity contribution in [1.82, 2.24) is 19.5 Å². The molecule has 1 aliphatic heterocycles. The first-order chi connectivity index (χ1) is 13.4. The van der Waals surface area contributed by atoms with Gasteiger partial charge in [-0.25, -0.2) is 23.6 Å². The van der Waals surface area contributed by atoms with E-state index >= 15 is 0 Å². The zero-order valence-electron chi connectivity index (χ0n) is 17.2. The van der Waals surface area contributed by atoms with Crippen molar-refractivity contribution >= 4 is 40.4 Å². The van der Waals surface area contributed by atoms with Crippen LogP contribution in [0.3, 0.4) is 0 Å². The maximum atomic E-state index is 11.6. The minimum absolute atomic E-state index is 0. The number of aromatic nitrogens is 4. The minimum Gasteiger partial charge on any atom is -0.756 e. The van der Waals surface area contributed by atoms with Crippen LogP contribution in [0.4, 0.5) is 5.82 Å². The Morgan fingerprint density at radius 1 is 1.09 bits per heavy atom. The fourth-order valence-corrected chi connectivity index (χ4v) is 5.47. The predicted octanol–water partition coefficient (Wildman–Crippen LogP) is -10.5. The Labute approximate surface area is 217 Å². The summed E-state index contributed by atoms with van der Waals surface area (Å²) in [6, 6.07) is 0. The Hall–Kier alpha value is 0.512. The molecule has 32 heavy (non-hydrogen) atoms. The van der Waals surface area contributed by atoms with E-state index in [2.05, 4.69) is 28.1 Å². The molecule has 1 saturated heterocycles. The van der Waals surface area contributed by atoms with Crippen molar-refractivity contribution in [1.29, 1.82) is 0 Å². The van der Waals surface area contributed by atoms with Crippen LogP contribution in [0.15, 0.2) is 12.7 Å². The van der Waals surface area contributed by atoms with Gasteiger partial charge in [0.05, 0.1) is 19.0 Å². The largest absolute Gasteiger partial charge is 1.00 e. The molecule has 0 radical (unpaired) electrons. The standard InChI is InChI=1S/C10H16N5O11P3.3Li/c11-9-8-10(13-4-12-9)15(5-14-8)7-2-1-6(24-7)3-23-28(19,20)26-29(21,22)25-27(16,17)18;;;/h4-7H,1-3H2,(H,19,20)(H,21,22)(H2,11,12,13)(H2,16,17,18);;;/q;3*+1/p-3. The van der Waals surface area contributed by atoms with Gasteiger partial charge in [0, 0.05) is 0 Å². The van der Waals surface area contributed by atoms with Crippen molar-refractivity contribution in [3.8, 4) is 0 Å². The van der Waals surface area contributed by atoms with Gasteiger partial charge in [-0.15, -0.1) is 0 Å². The quantitative estimate of drug-likeness (QED) is 0.256. The summed E-state index contributed by atoms with van der Waals surface area (Å²) in [6.45, 7) is -0.630. The van der Waals surface area contributed by atoms with Gasteiger partial charge in [0.1, 0.15) is 18.1 Å². The summed E-state index contributed by atoms with van der Waals surface area (Å²) in [6.07, 6.45) is 2.05. The molecule has 0 amide bonds. The Kier molecular flexibility index (Phi) is 12.7. The Bertz CT molecular complexity index is 1050. The van der Waals surface area contributed by atoms with Crippen LogP contribution in [-0.2, 0) is 31.6 Å². The Morgan fingerprint density at radius 3 is 2.38 bits per heavy atom. The minimum atomic E-state index is -5.94. The summed E-state index contributed by atoms with van der Waals surface area (Å²) < 4.78 is 51.4. The monoisotopic (exact) mass is 493 g/mol. The molecule has 0 aliphatic carbocycles.